The van der Waals surface area contributed by atoms with Gasteiger partial charge in [0, 0.05) is 5.69 Å². The number of anilines is 1. The Labute approximate surface area is 64.2 Å². The highest BCUT2D eigenvalue weighted by Gasteiger charge is 2.01. The normalized spacial score (nSPS) is 10.6. The van der Waals surface area contributed by atoms with E-state index in [1.807, 2.05) is 19.1 Å². The molecule has 0 aliphatic rings. The number of hydrogen-bond acceptors (Lipinski definition) is 2. The predicted octanol–water partition coefficient (Wildman–Crippen LogP) is 1.45. The van der Waals surface area contributed by atoms with Gasteiger partial charge in [0.1, 0.15) is 0 Å². The van der Waals surface area contributed by atoms with Crippen LogP contribution in [0.2, 0.25) is 0 Å². The maximum atomic E-state index is 5.69. The van der Waals surface area contributed by atoms with Crippen LogP contribution in [0.4, 0.5) is 5.69 Å². The van der Waals surface area contributed by atoms with Crippen molar-refractivity contribution in [2.75, 3.05) is 5.73 Å². The minimum Gasteiger partial charge on any atom is -0.398 e. The van der Waals surface area contributed by atoms with Gasteiger partial charge in [-0.05, 0) is 24.6 Å². The number of H-pyrrole nitrogens is 1. The second kappa shape index (κ2) is 1.99. The molecule has 2 aromatic rings. The van der Waals surface area contributed by atoms with Crippen LogP contribution in [0.5, 0.6) is 0 Å². The number of fused-ring (bicyclic) bond motifs is 1. The summed E-state index contributed by atoms with van der Waals surface area (Å²) >= 11 is 0. The first-order valence-electron chi connectivity index (χ1n) is 3.47. The van der Waals surface area contributed by atoms with Crippen molar-refractivity contribution in [2.45, 2.75) is 6.92 Å². The van der Waals surface area contributed by atoms with Gasteiger partial charge in [0.2, 0.25) is 0 Å². The van der Waals surface area contributed by atoms with E-state index >= 15 is 0 Å². The maximum Gasteiger partial charge on any atom is 0.0932 e. The number of hydrogen-bond donors (Lipinski definition) is 2. The molecule has 0 radical (unpaired) electrons. The number of nitrogens with one attached hydrogen (secondary N) is 1. The summed E-state index contributed by atoms with van der Waals surface area (Å²) in [6, 6.07) is 3.82. The highest BCUT2D eigenvalue weighted by atomic mass is 14.9. The lowest BCUT2D eigenvalue weighted by Crippen LogP contribution is -1.89. The van der Waals surface area contributed by atoms with Crippen LogP contribution >= 0.6 is 0 Å². The Hall–Kier alpha value is -1.51. The second-order valence-corrected chi connectivity index (χ2v) is 2.58. The molecule has 0 bridgehead atoms. The molecule has 0 amide bonds. The lowest BCUT2D eigenvalue weighted by molar-refractivity contribution is 1.34. The van der Waals surface area contributed by atoms with Crippen molar-refractivity contribution in [3.63, 3.8) is 0 Å². The fraction of sp³-hybridized carbons (Fsp3) is 0.125. The fourth-order valence-corrected chi connectivity index (χ4v) is 1.16. The van der Waals surface area contributed by atoms with Crippen molar-refractivity contribution in [1.82, 2.24) is 9.97 Å². The zero-order chi connectivity index (χ0) is 7.84. The molecule has 56 valence electrons. The average molecular weight is 147 g/mol. The second-order valence-electron chi connectivity index (χ2n) is 2.58. The first-order valence-corrected chi connectivity index (χ1v) is 3.47. The third-order valence-electron chi connectivity index (χ3n) is 1.89. The van der Waals surface area contributed by atoms with E-state index in [1.165, 1.54) is 0 Å². The van der Waals surface area contributed by atoms with Gasteiger partial charge in [0.15, 0.2) is 0 Å². The first kappa shape index (κ1) is 6.22. The maximum absolute atomic E-state index is 5.69. The Morgan fingerprint density at radius 2 is 2.27 bits per heavy atom. The van der Waals surface area contributed by atoms with E-state index in [2.05, 4.69) is 9.97 Å². The zero-order valence-corrected chi connectivity index (χ0v) is 6.26. The summed E-state index contributed by atoms with van der Waals surface area (Å²) in [4.78, 5) is 7.16. The van der Waals surface area contributed by atoms with Gasteiger partial charge >= 0.3 is 0 Å². The molecule has 0 fully saturated rings. The monoisotopic (exact) mass is 147 g/mol. The topological polar surface area (TPSA) is 54.7 Å². The van der Waals surface area contributed by atoms with Crippen molar-refractivity contribution in [3.8, 4) is 0 Å². The van der Waals surface area contributed by atoms with Crippen LogP contribution in [-0.2, 0) is 0 Å². The molecule has 0 unspecified atom stereocenters. The van der Waals surface area contributed by atoms with Gasteiger partial charge in [-0.3, -0.25) is 0 Å². The molecule has 0 atom stereocenters. The molecule has 3 N–H and O–H groups in total. The molecule has 0 aliphatic heterocycles. The number of benzene rings is 1. The Kier molecular flexibility index (Phi) is 1.12. The third kappa shape index (κ3) is 0.774. The van der Waals surface area contributed by atoms with Gasteiger partial charge in [-0.25, -0.2) is 4.98 Å². The van der Waals surface area contributed by atoms with Gasteiger partial charge in [-0.2, -0.15) is 0 Å². The predicted molar refractivity (Wildman–Crippen MR) is 45.2 cm³/mol. The molecule has 1 aromatic heterocycles. The number of aromatic nitrogens is 2. The molecule has 0 aliphatic carbocycles. The Morgan fingerprint density at radius 3 is 3.09 bits per heavy atom. The Bertz CT molecular complexity index is 389. The molecule has 3 heteroatoms. The molecule has 3 nitrogen and oxygen atoms in total. The standard InChI is InChI=1S/C8H9N3/c1-5-6(9)2-3-7-8(5)11-4-10-7/h2-4H,9H2,1H3,(H,10,11). The molecular formula is C8H9N3. The quantitative estimate of drug-likeness (QED) is 0.554. The largest absolute Gasteiger partial charge is 0.398 e. The van der Waals surface area contributed by atoms with Gasteiger partial charge < -0.3 is 10.7 Å². The molecule has 0 saturated carbocycles. The summed E-state index contributed by atoms with van der Waals surface area (Å²) in [6.45, 7) is 1.97. The molecule has 1 heterocycles. The first-order chi connectivity index (χ1) is 5.29. The lowest BCUT2D eigenvalue weighted by atomic mass is 10.2. The smallest absolute Gasteiger partial charge is 0.0932 e. The number of aryl methyl sites for hydroxylation is 1. The summed E-state index contributed by atoms with van der Waals surface area (Å²) < 4.78 is 0. The molecular weight excluding hydrogens is 138 g/mol. The average Bonchev–Trinajstić information content (AvgIpc) is 2.45. The van der Waals surface area contributed by atoms with E-state index in [9.17, 15) is 0 Å². The van der Waals surface area contributed by atoms with Crippen molar-refractivity contribution in [1.29, 1.82) is 0 Å². The molecule has 11 heavy (non-hydrogen) atoms. The number of nitrogens with zero attached hydrogens (tertiary/aromatic N) is 1. The van der Waals surface area contributed by atoms with E-state index in [0.717, 1.165) is 22.3 Å². The Morgan fingerprint density at radius 1 is 1.45 bits per heavy atom. The van der Waals surface area contributed by atoms with E-state index < -0.39 is 0 Å². The minimum absolute atomic E-state index is 0.796. The highest BCUT2D eigenvalue weighted by molar-refractivity contribution is 5.82. The number of rotatable bonds is 0. The number of aromatic amines is 1. The molecule has 0 saturated heterocycles. The van der Waals surface area contributed by atoms with Crippen LogP contribution < -0.4 is 5.73 Å². The number of nitrogens with two attached hydrogens (primary N) is 1. The molecule has 0 spiro atoms. The fourth-order valence-electron chi connectivity index (χ4n) is 1.16. The van der Waals surface area contributed by atoms with Crippen LogP contribution in [0.15, 0.2) is 18.5 Å². The van der Waals surface area contributed by atoms with Crippen LogP contribution in [0, 0.1) is 6.92 Å². The summed E-state index contributed by atoms with van der Waals surface area (Å²) in [5.74, 6) is 0. The summed E-state index contributed by atoms with van der Waals surface area (Å²) in [6.07, 6.45) is 1.68. The van der Waals surface area contributed by atoms with Gasteiger partial charge in [0.25, 0.3) is 0 Å². The van der Waals surface area contributed by atoms with Crippen molar-refractivity contribution >= 4 is 16.7 Å². The summed E-state index contributed by atoms with van der Waals surface area (Å²) in [5.41, 5.74) is 9.53. The van der Waals surface area contributed by atoms with Gasteiger partial charge in [0.05, 0.1) is 17.4 Å². The lowest BCUT2D eigenvalue weighted by Gasteiger charge is -1.98. The third-order valence-corrected chi connectivity index (χ3v) is 1.89. The van der Waals surface area contributed by atoms with E-state index in [4.69, 9.17) is 5.73 Å². The number of nitrogen functional groups attached to an aromatic ring is 1. The van der Waals surface area contributed by atoms with Crippen molar-refractivity contribution in [3.05, 3.63) is 24.0 Å². The highest BCUT2D eigenvalue weighted by Crippen LogP contribution is 2.19. The zero-order valence-electron chi connectivity index (χ0n) is 6.26. The van der Waals surface area contributed by atoms with E-state index in [1.54, 1.807) is 6.33 Å². The summed E-state index contributed by atoms with van der Waals surface area (Å²) in [5, 5.41) is 0. The van der Waals surface area contributed by atoms with E-state index in [0.29, 0.717) is 0 Å². The molecule has 2 rings (SSSR count). The SMILES string of the molecule is Cc1c(N)ccc2[nH]cnc12. The summed E-state index contributed by atoms with van der Waals surface area (Å²) in [7, 11) is 0. The van der Waals surface area contributed by atoms with Crippen molar-refractivity contribution < 1.29 is 0 Å². The van der Waals surface area contributed by atoms with Crippen molar-refractivity contribution in [2.24, 2.45) is 0 Å². The van der Waals surface area contributed by atoms with Crippen LogP contribution in [-0.4, -0.2) is 9.97 Å². The molecule has 1 aromatic carbocycles. The van der Waals surface area contributed by atoms with Gasteiger partial charge in [-0.1, -0.05) is 0 Å². The van der Waals surface area contributed by atoms with Crippen LogP contribution in [0.3, 0.4) is 0 Å². The van der Waals surface area contributed by atoms with Crippen LogP contribution in [0.1, 0.15) is 5.56 Å². The number of imidazole rings is 1. The Balaban J connectivity index is 2.93. The van der Waals surface area contributed by atoms with E-state index in [-0.39, 0.29) is 0 Å². The van der Waals surface area contributed by atoms with Gasteiger partial charge in [-0.15, -0.1) is 0 Å². The van der Waals surface area contributed by atoms with Crippen LogP contribution in [0.25, 0.3) is 11.0 Å². The minimum atomic E-state index is 0.796.